The second-order valence-electron chi connectivity index (χ2n) is 16.1. The molecule has 0 aliphatic heterocycles. The van der Waals surface area contributed by atoms with Crippen LogP contribution in [-0.4, -0.2) is 9.55 Å². The van der Waals surface area contributed by atoms with Gasteiger partial charge in [-0.25, -0.2) is 4.98 Å². The summed E-state index contributed by atoms with van der Waals surface area (Å²) in [7, 11) is 0. The van der Waals surface area contributed by atoms with Crippen LogP contribution in [0.5, 0.6) is 0 Å². The Labute approximate surface area is 357 Å². The van der Waals surface area contributed by atoms with E-state index in [0.29, 0.717) is 0 Å². The van der Waals surface area contributed by atoms with Crippen LogP contribution in [0.1, 0.15) is 33.4 Å². The molecule has 0 fully saturated rings. The van der Waals surface area contributed by atoms with Gasteiger partial charge in [-0.2, -0.15) is 0 Å². The largest absolute Gasteiger partial charge is 0.310 e. The predicted octanol–water partition coefficient (Wildman–Crippen LogP) is 14.8. The second kappa shape index (κ2) is 14.8. The Balaban J connectivity index is 0.956. The molecule has 0 saturated heterocycles. The van der Waals surface area contributed by atoms with E-state index in [1.54, 1.807) is 0 Å². The van der Waals surface area contributed by atoms with Crippen LogP contribution in [0.25, 0.3) is 50.4 Å². The Morgan fingerprint density at radius 1 is 0.410 bits per heavy atom. The summed E-state index contributed by atoms with van der Waals surface area (Å²) >= 11 is 0. The maximum atomic E-state index is 5.12. The molecule has 11 rings (SSSR count). The summed E-state index contributed by atoms with van der Waals surface area (Å²) < 4.78 is 2.25. The molecule has 61 heavy (non-hydrogen) atoms. The van der Waals surface area contributed by atoms with E-state index in [1.807, 2.05) is 6.07 Å². The monoisotopic (exact) mass is 781 g/mol. The fourth-order valence-corrected chi connectivity index (χ4v) is 9.57. The van der Waals surface area contributed by atoms with Crippen molar-refractivity contribution in [2.45, 2.75) is 19.3 Å². The first kappa shape index (κ1) is 36.3. The van der Waals surface area contributed by atoms with Crippen LogP contribution in [-0.2, 0) is 5.41 Å². The summed E-state index contributed by atoms with van der Waals surface area (Å²) in [6.07, 6.45) is 0. The number of rotatable bonds is 8. The number of anilines is 3. The first-order valence-corrected chi connectivity index (χ1v) is 21.0. The molecule has 0 radical (unpaired) electrons. The standard InChI is InChI=1S/C58H43N3/c1-40-23-31-45(32-24-40)58(53-19-8-6-17-51(53)52-18-7-9-20-54(52)58)46-33-25-42(26-34-46)43-27-35-48(36-28-43)60(50-16-12-13-41(2)39-50)49-37-29-44(30-38-49)57-59-55-21-10-11-22-56(55)61(57)47-14-4-3-5-15-47/h3-39H,1-2H3. The number of benzene rings is 9. The average Bonchev–Trinajstić information content (AvgIpc) is 3.85. The van der Waals surface area contributed by atoms with Crippen molar-refractivity contribution < 1.29 is 0 Å². The minimum Gasteiger partial charge on any atom is -0.310 e. The van der Waals surface area contributed by atoms with Crippen LogP contribution in [0.4, 0.5) is 17.1 Å². The Bertz CT molecular complexity index is 3130. The van der Waals surface area contributed by atoms with E-state index in [-0.39, 0.29) is 0 Å². The Morgan fingerprint density at radius 2 is 0.934 bits per heavy atom. The third-order valence-electron chi connectivity index (χ3n) is 12.4. The molecule has 0 N–H and O–H groups in total. The zero-order valence-corrected chi connectivity index (χ0v) is 34.2. The number of imidazole rings is 1. The topological polar surface area (TPSA) is 21.1 Å². The highest BCUT2D eigenvalue weighted by Gasteiger charge is 2.45. The van der Waals surface area contributed by atoms with Crippen LogP contribution in [0.2, 0.25) is 0 Å². The van der Waals surface area contributed by atoms with Gasteiger partial charge in [0.1, 0.15) is 5.82 Å². The van der Waals surface area contributed by atoms with Crippen LogP contribution < -0.4 is 4.90 Å². The summed E-state index contributed by atoms with van der Waals surface area (Å²) in [6.45, 7) is 4.31. The Kier molecular flexibility index (Phi) is 8.82. The van der Waals surface area contributed by atoms with Gasteiger partial charge in [0.2, 0.25) is 0 Å². The maximum absolute atomic E-state index is 5.12. The van der Waals surface area contributed by atoms with Crippen LogP contribution in [0, 0.1) is 13.8 Å². The van der Waals surface area contributed by atoms with Crippen molar-refractivity contribution in [2.75, 3.05) is 4.90 Å². The molecule has 10 aromatic rings. The van der Waals surface area contributed by atoms with Crippen LogP contribution >= 0.6 is 0 Å². The molecule has 3 heteroatoms. The number of fused-ring (bicyclic) bond motifs is 4. The van der Waals surface area contributed by atoms with E-state index in [2.05, 4.69) is 242 Å². The van der Waals surface area contributed by atoms with Crippen LogP contribution in [0.3, 0.4) is 0 Å². The van der Waals surface area contributed by atoms with Crippen molar-refractivity contribution in [2.24, 2.45) is 0 Å². The van der Waals surface area contributed by atoms with Gasteiger partial charge in [0.05, 0.1) is 16.4 Å². The van der Waals surface area contributed by atoms with E-state index in [0.717, 1.165) is 45.2 Å². The predicted molar refractivity (Wildman–Crippen MR) is 253 cm³/mol. The van der Waals surface area contributed by atoms with Gasteiger partial charge < -0.3 is 4.90 Å². The Morgan fingerprint density at radius 3 is 1.56 bits per heavy atom. The summed E-state index contributed by atoms with van der Waals surface area (Å²) in [5.74, 6) is 0.919. The third-order valence-corrected chi connectivity index (χ3v) is 12.4. The van der Waals surface area contributed by atoms with E-state index in [9.17, 15) is 0 Å². The highest BCUT2D eigenvalue weighted by atomic mass is 15.1. The molecule has 0 atom stereocenters. The summed E-state index contributed by atoms with van der Waals surface area (Å²) in [5.41, 5.74) is 19.7. The van der Waals surface area contributed by atoms with Crippen molar-refractivity contribution >= 4 is 28.1 Å². The molecule has 0 bridgehead atoms. The molecular formula is C58H43N3. The number of hydrogen-bond acceptors (Lipinski definition) is 2. The number of hydrogen-bond donors (Lipinski definition) is 0. The summed E-state index contributed by atoms with van der Waals surface area (Å²) in [6, 6.07) is 81.6. The quantitative estimate of drug-likeness (QED) is 0.153. The molecule has 1 aliphatic rings. The molecule has 9 aromatic carbocycles. The normalized spacial score (nSPS) is 12.6. The number of para-hydroxylation sites is 3. The molecule has 0 amide bonds. The lowest BCUT2D eigenvalue weighted by atomic mass is 9.67. The van der Waals surface area contributed by atoms with Crippen molar-refractivity contribution in [3.8, 4) is 39.3 Å². The molecular weight excluding hydrogens is 739 g/mol. The number of aryl methyl sites for hydroxylation is 2. The lowest BCUT2D eigenvalue weighted by Crippen LogP contribution is -2.28. The van der Waals surface area contributed by atoms with E-state index in [4.69, 9.17) is 4.98 Å². The molecule has 0 spiro atoms. The van der Waals surface area contributed by atoms with Crippen molar-refractivity contribution in [3.63, 3.8) is 0 Å². The van der Waals surface area contributed by atoms with Gasteiger partial charge >= 0.3 is 0 Å². The van der Waals surface area contributed by atoms with Gasteiger partial charge in [-0.15, -0.1) is 0 Å². The molecule has 0 saturated carbocycles. The first-order valence-electron chi connectivity index (χ1n) is 21.0. The third kappa shape index (κ3) is 6.08. The van der Waals surface area contributed by atoms with Gasteiger partial charge in [0.15, 0.2) is 0 Å². The highest BCUT2D eigenvalue weighted by Crippen LogP contribution is 2.56. The van der Waals surface area contributed by atoms with E-state index in [1.165, 1.54) is 55.6 Å². The molecule has 290 valence electrons. The fraction of sp³-hybridized carbons (Fsp3) is 0.0517. The van der Waals surface area contributed by atoms with E-state index < -0.39 is 5.41 Å². The van der Waals surface area contributed by atoms with Crippen LogP contribution in [0.15, 0.2) is 224 Å². The summed E-state index contributed by atoms with van der Waals surface area (Å²) in [4.78, 5) is 7.46. The SMILES string of the molecule is Cc1ccc(C2(c3ccc(-c4ccc(N(c5ccc(-c6nc7ccccc7n6-c6ccccc6)cc5)c5cccc(C)c5)cc4)cc3)c3ccccc3-c3ccccc32)cc1. The van der Waals surface area contributed by atoms with Gasteiger partial charge in [-0.1, -0.05) is 157 Å². The minimum atomic E-state index is -0.415. The lowest BCUT2D eigenvalue weighted by Gasteiger charge is -2.34. The van der Waals surface area contributed by atoms with Gasteiger partial charge in [-0.05, 0) is 137 Å². The van der Waals surface area contributed by atoms with Gasteiger partial charge in [0, 0.05) is 28.3 Å². The number of nitrogens with zero attached hydrogens (tertiary/aromatic N) is 3. The summed E-state index contributed by atoms with van der Waals surface area (Å²) in [5, 5.41) is 0. The zero-order chi connectivity index (χ0) is 40.9. The molecule has 1 aromatic heterocycles. The number of aromatic nitrogens is 2. The minimum absolute atomic E-state index is 0.415. The second-order valence-corrected chi connectivity index (χ2v) is 16.1. The smallest absolute Gasteiger partial charge is 0.145 e. The highest BCUT2D eigenvalue weighted by molar-refractivity contribution is 5.87. The molecule has 1 aliphatic carbocycles. The van der Waals surface area contributed by atoms with Crippen molar-refractivity contribution in [1.82, 2.24) is 9.55 Å². The lowest BCUT2D eigenvalue weighted by molar-refractivity contribution is 0.768. The van der Waals surface area contributed by atoms with Gasteiger partial charge in [-0.3, -0.25) is 4.57 Å². The van der Waals surface area contributed by atoms with Crippen molar-refractivity contribution in [3.05, 3.63) is 258 Å². The molecule has 1 heterocycles. The first-order chi connectivity index (χ1) is 30.1. The molecule has 3 nitrogen and oxygen atoms in total. The maximum Gasteiger partial charge on any atom is 0.145 e. The zero-order valence-electron chi connectivity index (χ0n) is 34.2. The Hall–Kier alpha value is -7.75. The van der Waals surface area contributed by atoms with E-state index >= 15 is 0 Å². The fourth-order valence-electron chi connectivity index (χ4n) is 9.57. The van der Waals surface area contributed by atoms with Gasteiger partial charge in [0.25, 0.3) is 0 Å². The molecule has 0 unspecified atom stereocenters. The van der Waals surface area contributed by atoms with Crippen molar-refractivity contribution in [1.29, 1.82) is 0 Å². The average molecular weight is 782 g/mol.